The van der Waals surface area contributed by atoms with Gasteiger partial charge in [-0.15, -0.1) is 0 Å². The average Bonchev–Trinajstić information content (AvgIpc) is 3.24. The van der Waals surface area contributed by atoms with Crippen molar-refractivity contribution in [2.24, 2.45) is 5.10 Å². The van der Waals surface area contributed by atoms with Gasteiger partial charge in [-0.25, -0.2) is 5.01 Å². The number of amides is 1. The van der Waals surface area contributed by atoms with E-state index in [-0.39, 0.29) is 11.9 Å². The first-order chi connectivity index (χ1) is 11.2. The van der Waals surface area contributed by atoms with Crippen LogP contribution in [0.5, 0.6) is 0 Å². The molecule has 1 atom stereocenters. The third-order valence-corrected chi connectivity index (χ3v) is 4.20. The van der Waals surface area contributed by atoms with E-state index in [9.17, 15) is 4.79 Å². The molecule has 0 aliphatic carbocycles. The maximum absolute atomic E-state index is 12.4. The first-order valence-electron chi connectivity index (χ1n) is 8.25. The molecule has 0 saturated heterocycles. The van der Waals surface area contributed by atoms with Gasteiger partial charge in [0.05, 0.1) is 12.0 Å². The molecule has 1 aromatic carbocycles. The molecule has 23 heavy (non-hydrogen) atoms. The fourth-order valence-corrected chi connectivity index (χ4v) is 2.88. The number of aryl methyl sites for hydroxylation is 1. The minimum atomic E-state index is -0.134. The second kappa shape index (κ2) is 6.82. The smallest absolute Gasteiger partial charge is 0.243 e. The molecular weight excluding hydrogens is 288 g/mol. The van der Waals surface area contributed by atoms with Gasteiger partial charge in [-0.1, -0.05) is 38.1 Å². The molecule has 1 aliphatic rings. The summed E-state index contributed by atoms with van der Waals surface area (Å²) in [4.78, 5) is 12.4. The molecule has 0 radical (unpaired) electrons. The topological polar surface area (TPSA) is 45.8 Å². The van der Waals surface area contributed by atoms with Crippen molar-refractivity contribution < 1.29 is 9.21 Å². The van der Waals surface area contributed by atoms with Crippen LogP contribution in [-0.2, 0) is 11.2 Å². The van der Waals surface area contributed by atoms with E-state index in [4.69, 9.17) is 4.42 Å². The SMILES string of the molecule is CCCC(=O)N1N=C(c2ccc(CC)cc2)C[C@@H]1c1ccco1. The minimum Gasteiger partial charge on any atom is -0.467 e. The number of furan rings is 1. The number of benzene rings is 1. The second-order valence-electron chi connectivity index (χ2n) is 5.82. The Morgan fingerprint density at radius 1 is 1.26 bits per heavy atom. The summed E-state index contributed by atoms with van der Waals surface area (Å²) >= 11 is 0. The highest BCUT2D eigenvalue weighted by atomic mass is 16.3. The summed E-state index contributed by atoms with van der Waals surface area (Å²) in [5, 5.41) is 6.21. The van der Waals surface area contributed by atoms with Gasteiger partial charge in [0.2, 0.25) is 5.91 Å². The Balaban J connectivity index is 1.88. The highest BCUT2D eigenvalue weighted by Crippen LogP contribution is 2.33. The lowest BCUT2D eigenvalue weighted by Crippen LogP contribution is -2.26. The maximum atomic E-state index is 12.4. The van der Waals surface area contributed by atoms with Gasteiger partial charge < -0.3 is 4.42 Å². The van der Waals surface area contributed by atoms with E-state index >= 15 is 0 Å². The molecule has 0 bridgehead atoms. The molecule has 1 aliphatic heterocycles. The van der Waals surface area contributed by atoms with E-state index < -0.39 is 0 Å². The third-order valence-electron chi connectivity index (χ3n) is 4.20. The van der Waals surface area contributed by atoms with Gasteiger partial charge in [-0.2, -0.15) is 5.10 Å². The van der Waals surface area contributed by atoms with E-state index in [2.05, 4.69) is 36.3 Å². The van der Waals surface area contributed by atoms with Crippen LogP contribution in [-0.4, -0.2) is 16.6 Å². The van der Waals surface area contributed by atoms with E-state index in [0.717, 1.165) is 29.9 Å². The van der Waals surface area contributed by atoms with Crippen molar-refractivity contribution in [1.29, 1.82) is 0 Å². The Hall–Kier alpha value is -2.36. The van der Waals surface area contributed by atoms with Crippen molar-refractivity contribution in [2.75, 3.05) is 0 Å². The highest BCUT2D eigenvalue weighted by Gasteiger charge is 2.34. The van der Waals surface area contributed by atoms with Crippen molar-refractivity contribution in [2.45, 2.75) is 45.6 Å². The van der Waals surface area contributed by atoms with Crippen LogP contribution in [0.1, 0.15) is 56.0 Å². The number of carbonyl (C=O) groups excluding carboxylic acids is 1. The van der Waals surface area contributed by atoms with Crippen molar-refractivity contribution in [1.82, 2.24) is 5.01 Å². The summed E-state index contributed by atoms with van der Waals surface area (Å²) in [6.07, 6.45) is 4.67. The van der Waals surface area contributed by atoms with Crippen molar-refractivity contribution in [3.63, 3.8) is 0 Å². The molecule has 2 heterocycles. The normalized spacial score (nSPS) is 17.4. The summed E-state index contributed by atoms with van der Waals surface area (Å²) < 4.78 is 5.53. The Kier molecular flexibility index (Phi) is 4.60. The Labute approximate surface area is 136 Å². The summed E-state index contributed by atoms with van der Waals surface area (Å²) in [6, 6.07) is 12.0. The first kappa shape index (κ1) is 15.5. The summed E-state index contributed by atoms with van der Waals surface area (Å²) in [6.45, 7) is 4.14. The zero-order valence-corrected chi connectivity index (χ0v) is 13.7. The first-order valence-corrected chi connectivity index (χ1v) is 8.25. The van der Waals surface area contributed by atoms with Crippen LogP contribution < -0.4 is 0 Å². The van der Waals surface area contributed by atoms with Gasteiger partial charge in [0.1, 0.15) is 11.8 Å². The Morgan fingerprint density at radius 3 is 2.65 bits per heavy atom. The van der Waals surface area contributed by atoms with Gasteiger partial charge in [0.15, 0.2) is 0 Å². The summed E-state index contributed by atoms with van der Waals surface area (Å²) in [5.74, 6) is 0.840. The molecule has 0 fully saturated rings. The van der Waals surface area contributed by atoms with E-state index in [1.807, 2.05) is 19.1 Å². The van der Waals surface area contributed by atoms with E-state index in [1.165, 1.54) is 5.56 Å². The average molecular weight is 310 g/mol. The van der Waals surface area contributed by atoms with Crippen LogP contribution >= 0.6 is 0 Å². The standard InChI is InChI=1S/C19H22N2O2/c1-3-6-19(22)21-17(18-7-5-12-23-18)13-16(20-21)15-10-8-14(4-2)9-11-15/h5,7-12,17H,3-4,6,13H2,1-2H3/t17-/m1/s1. The van der Waals surface area contributed by atoms with E-state index in [1.54, 1.807) is 11.3 Å². The fourth-order valence-electron chi connectivity index (χ4n) is 2.88. The molecule has 1 amide bonds. The second-order valence-corrected chi connectivity index (χ2v) is 5.82. The molecular formula is C19H22N2O2. The largest absolute Gasteiger partial charge is 0.467 e. The predicted octanol–water partition coefficient (Wildman–Crippen LogP) is 4.32. The Bertz CT molecular complexity index is 687. The molecule has 0 spiro atoms. The lowest BCUT2D eigenvalue weighted by molar-refractivity contribution is -0.133. The molecule has 2 aromatic rings. The molecule has 0 unspecified atom stereocenters. The maximum Gasteiger partial charge on any atom is 0.243 e. The number of hydrogen-bond donors (Lipinski definition) is 0. The zero-order valence-electron chi connectivity index (χ0n) is 13.7. The van der Waals surface area contributed by atoms with Crippen molar-refractivity contribution in [3.05, 3.63) is 59.5 Å². The fraction of sp³-hybridized carbons (Fsp3) is 0.368. The Morgan fingerprint density at radius 2 is 2.04 bits per heavy atom. The van der Waals surface area contributed by atoms with Crippen LogP contribution in [0.4, 0.5) is 0 Å². The number of hydrogen-bond acceptors (Lipinski definition) is 3. The number of hydrazone groups is 1. The summed E-state index contributed by atoms with van der Waals surface area (Å²) in [5.41, 5.74) is 3.32. The van der Waals surface area contributed by atoms with Crippen LogP contribution in [0.2, 0.25) is 0 Å². The van der Waals surface area contributed by atoms with Crippen molar-refractivity contribution >= 4 is 11.6 Å². The van der Waals surface area contributed by atoms with Gasteiger partial charge in [0, 0.05) is 12.8 Å². The van der Waals surface area contributed by atoms with E-state index in [0.29, 0.717) is 12.8 Å². The molecule has 120 valence electrons. The minimum absolute atomic E-state index is 0.0501. The molecule has 0 N–H and O–H groups in total. The van der Waals surface area contributed by atoms with Gasteiger partial charge in [-0.3, -0.25) is 4.79 Å². The number of rotatable bonds is 5. The van der Waals surface area contributed by atoms with Crippen LogP contribution in [0.3, 0.4) is 0 Å². The lowest BCUT2D eigenvalue weighted by atomic mass is 10.0. The monoisotopic (exact) mass is 310 g/mol. The van der Waals surface area contributed by atoms with Gasteiger partial charge in [-0.05, 0) is 36.1 Å². The number of nitrogens with zero attached hydrogens (tertiary/aromatic N) is 2. The quantitative estimate of drug-likeness (QED) is 0.825. The lowest BCUT2D eigenvalue weighted by Gasteiger charge is -2.19. The van der Waals surface area contributed by atoms with Crippen molar-refractivity contribution in [3.8, 4) is 0 Å². The number of carbonyl (C=O) groups is 1. The summed E-state index contributed by atoms with van der Waals surface area (Å²) in [7, 11) is 0. The zero-order chi connectivity index (χ0) is 16.2. The molecule has 4 nitrogen and oxygen atoms in total. The van der Waals surface area contributed by atoms with Crippen LogP contribution in [0.15, 0.2) is 52.2 Å². The van der Waals surface area contributed by atoms with Gasteiger partial charge >= 0.3 is 0 Å². The highest BCUT2D eigenvalue weighted by molar-refractivity contribution is 6.03. The predicted molar refractivity (Wildman–Crippen MR) is 90.2 cm³/mol. The molecule has 3 rings (SSSR count). The molecule has 1 aromatic heterocycles. The van der Waals surface area contributed by atoms with Crippen LogP contribution in [0, 0.1) is 0 Å². The van der Waals surface area contributed by atoms with Crippen LogP contribution in [0.25, 0.3) is 0 Å². The third kappa shape index (κ3) is 3.21. The van der Waals surface area contributed by atoms with Gasteiger partial charge in [0.25, 0.3) is 0 Å². The molecule has 4 heteroatoms. The molecule has 0 saturated carbocycles.